The third-order valence-corrected chi connectivity index (χ3v) is 4.82. The second-order valence-electron chi connectivity index (χ2n) is 4.91. The van der Waals surface area contributed by atoms with E-state index in [4.69, 9.17) is 11.6 Å². The zero-order chi connectivity index (χ0) is 17.4. The van der Waals surface area contributed by atoms with Crippen molar-refractivity contribution < 1.29 is 23.1 Å². The number of aromatic nitrogens is 1. The molecule has 0 radical (unpaired) electrons. The largest absolute Gasteiger partial charge is 0.418 e. The van der Waals surface area contributed by atoms with Crippen LogP contribution in [-0.4, -0.2) is 39.4 Å². The van der Waals surface area contributed by atoms with Gasteiger partial charge in [0.15, 0.2) is 0 Å². The Bertz CT molecular complexity index is 652. The summed E-state index contributed by atoms with van der Waals surface area (Å²) in [4.78, 5) is 17.7. The molecular weight excluding hydrogens is 355 g/mol. The van der Waals surface area contributed by atoms with Gasteiger partial charge in [-0.05, 0) is 13.0 Å². The molecule has 10 heteroatoms. The maximum absolute atomic E-state index is 12.8. The van der Waals surface area contributed by atoms with Crippen molar-refractivity contribution in [2.24, 2.45) is 0 Å². The van der Waals surface area contributed by atoms with E-state index in [0.29, 0.717) is 6.07 Å². The van der Waals surface area contributed by atoms with Crippen LogP contribution in [-0.2, 0) is 11.0 Å². The fourth-order valence-corrected chi connectivity index (χ4v) is 3.24. The van der Waals surface area contributed by atoms with E-state index < -0.39 is 28.8 Å². The number of anilines is 1. The highest BCUT2D eigenvalue weighted by atomic mass is 35.5. The summed E-state index contributed by atoms with van der Waals surface area (Å²) >= 11 is 6.59. The van der Waals surface area contributed by atoms with Crippen LogP contribution in [0.25, 0.3) is 0 Å². The summed E-state index contributed by atoms with van der Waals surface area (Å²) in [5, 5.41) is 11.0. The van der Waals surface area contributed by atoms with Crippen LogP contribution in [0.5, 0.6) is 0 Å². The van der Waals surface area contributed by atoms with Gasteiger partial charge >= 0.3 is 6.18 Å². The molecule has 126 valence electrons. The minimum atomic E-state index is -4.64. The highest BCUT2D eigenvalue weighted by Gasteiger charge is 2.34. The molecule has 0 aromatic carbocycles. The molecule has 1 amide bonds. The van der Waals surface area contributed by atoms with E-state index in [1.54, 1.807) is 18.9 Å². The second kappa shape index (κ2) is 6.58. The zero-order valence-electron chi connectivity index (χ0n) is 12.1. The number of carbonyl (C=O) groups is 1. The molecule has 0 saturated heterocycles. The molecule has 1 aliphatic rings. The summed E-state index contributed by atoms with van der Waals surface area (Å²) in [6, 6.07) is 0.677. The Morgan fingerprint density at radius 2 is 2.22 bits per heavy atom. The Hall–Kier alpha value is -1.45. The number of aliphatic hydroxyl groups is 1. The quantitative estimate of drug-likeness (QED) is 0.860. The van der Waals surface area contributed by atoms with Crippen molar-refractivity contribution in [3.8, 4) is 0 Å². The fraction of sp³-hybridized carbons (Fsp3) is 0.385. The average Bonchev–Trinajstić information content (AvgIpc) is 2.82. The van der Waals surface area contributed by atoms with E-state index in [0.717, 1.165) is 18.0 Å². The van der Waals surface area contributed by atoms with Crippen molar-refractivity contribution in [1.29, 1.82) is 0 Å². The lowest BCUT2D eigenvalue weighted by Gasteiger charge is -2.21. The topological polar surface area (TPSA) is 65.5 Å². The number of alkyl halides is 3. The van der Waals surface area contributed by atoms with Crippen LogP contribution in [0.3, 0.4) is 0 Å². The molecule has 2 rings (SSSR count). The summed E-state index contributed by atoms with van der Waals surface area (Å²) in [6.45, 7) is 1.58. The van der Waals surface area contributed by atoms with Gasteiger partial charge in [-0.15, -0.1) is 0 Å². The molecule has 2 atom stereocenters. The van der Waals surface area contributed by atoms with Crippen LogP contribution in [0.2, 0.25) is 5.02 Å². The standard InChI is InChI=1S/C13H13ClF3N3O2S/c1-6(21)12-20(2)5-9(23-12)11(22)19-10-3-7(13(15,16)17)8(14)4-18-10/h3-6,12,21H,1-2H3,(H,18,19,22). The zero-order valence-corrected chi connectivity index (χ0v) is 13.6. The minimum absolute atomic E-state index is 0.253. The Labute approximate surface area is 139 Å². The van der Waals surface area contributed by atoms with Crippen molar-refractivity contribution in [2.45, 2.75) is 24.6 Å². The molecule has 0 bridgehead atoms. The number of carbonyl (C=O) groups excluding carboxylic acids is 1. The van der Waals surface area contributed by atoms with Crippen LogP contribution in [0.15, 0.2) is 23.4 Å². The smallest absolute Gasteiger partial charge is 0.390 e. The van der Waals surface area contributed by atoms with Crippen molar-refractivity contribution >= 4 is 35.1 Å². The van der Waals surface area contributed by atoms with E-state index >= 15 is 0 Å². The lowest BCUT2D eigenvalue weighted by Crippen LogP contribution is -2.30. The molecule has 2 heterocycles. The van der Waals surface area contributed by atoms with Gasteiger partial charge in [0.1, 0.15) is 11.2 Å². The number of aliphatic hydroxyl groups excluding tert-OH is 1. The third-order valence-electron chi connectivity index (χ3n) is 3.01. The van der Waals surface area contributed by atoms with Crippen LogP contribution >= 0.6 is 23.4 Å². The molecule has 2 N–H and O–H groups in total. The van der Waals surface area contributed by atoms with Crippen molar-refractivity contribution in [1.82, 2.24) is 9.88 Å². The molecule has 1 aliphatic heterocycles. The van der Waals surface area contributed by atoms with E-state index in [1.807, 2.05) is 0 Å². The molecule has 5 nitrogen and oxygen atoms in total. The third kappa shape index (κ3) is 4.10. The molecule has 2 unspecified atom stereocenters. The number of likely N-dealkylation sites (N-methyl/N-ethyl adjacent to an activating group) is 1. The molecule has 1 aromatic heterocycles. The second-order valence-corrected chi connectivity index (χ2v) is 6.47. The minimum Gasteiger partial charge on any atom is -0.390 e. The summed E-state index contributed by atoms with van der Waals surface area (Å²) in [6.07, 6.45) is -2.98. The number of hydrogen-bond donors (Lipinski definition) is 2. The van der Waals surface area contributed by atoms with E-state index in [-0.39, 0.29) is 16.1 Å². The monoisotopic (exact) mass is 367 g/mol. The first-order valence-electron chi connectivity index (χ1n) is 6.42. The Morgan fingerprint density at radius 1 is 1.57 bits per heavy atom. The molecule has 0 saturated carbocycles. The van der Waals surface area contributed by atoms with Crippen LogP contribution in [0.4, 0.5) is 19.0 Å². The molecular formula is C13H13ClF3N3O2S. The molecule has 23 heavy (non-hydrogen) atoms. The number of rotatable bonds is 3. The van der Waals surface area contributed by atoms with Crippen LogP contribution in [0.1, 0.15) is 12.5 Å². The van der Waals surface area contributed by atoms with Gasteiger partial charge < -0.3 is 15.3 Å². The summed E-state index contributed by atoms with van der Waals surface area (Å²) in [5.74, 6) is -0.857. The summed E-state index contributed by atoms with van der Waals surface area (Å²) < 4.78 is 38.4. The highest BCUT2D eigenvalue weighted by molar-refractivity contribution is 8.04. The first-order chi connectivity index (χ1) is 10.6. The van der Waals surface area contributed by atoms with Gasteiger partial charge in [-0.3, -0.25) is 4.79 Å². The highest BCUT2D eigenvalue weighted by Crippen LogP contribution is 2.36. The number of hydrogen-bond acceptors (Lipinski definition) is 5. The van der Waals surface area contributed by atoms with Gasteiger partial charge in [-0.2, -0.15) is 13.2 Å². The maximum atomic E-state index is 12.8. The van der Waals surface area contributed by atoms with Crippen molar-refractivity contribution in [2.75, 3.05) is 12.4 Å². The van der Waals surface area contributed by atoms with Crippen molar-refractivity contribution in [3.63, 3.8) is 0 Å². The molecule has 0 aliphatic carbocycles. The van der Waals surface area contributed by atoms with Gasteiger partial charge in [0.2, 0.25) is 0 Å². The van der Waals surface area contributed by atoms with Gasteiger partial charge in [-0.1, -0.05) is 23.4 Å². The maximum Gasteiger partial charge on any atom is 0.418 e. The van der Waals surface area contributed by atoms with Gasteiger partial charge in [-0.25, -0.2) is 4.98 Å². The van der Waals surface area contributed by atoms with Crippen LogP contribution < -0.4 is 5.32 Å². The molecule has 0 spiro atoms. The fourth-order valence-electron chi connectivity index (χ4n) is 1.96. The number of nitrogens with zero attached hydrogens (tertiary/aromatic N) is 2. The van der Waals surface area contributed by atoms with E-state index in [9.17, 15) is 23.1 Å². The number of nitrogens with one attached hydrogen (secondary N) is 1. The van der Waals surface area contributed by atoms with Crippen LogP contribution in [0, 0.1) is 0 Å². The van der Waals surface area contributed by atoms with Gasteiger partial charge in [0.05, 0.1) is 21.6 Å². The summed E-state index contributed by atoms with van der Waals surface area (Å²) in [7, 11) is 1.69. The predicted molar refractivity (Wildman–Crippen MR) is 81.8 cm³/mol. The van der Waals surface area contributed by atoms with Crippen molar-refractivity contribution in [3.05, 3.63) is 34.0 Å². The average molecular weight is 368 g/mol. The molecule has 1 aromatic rings. The lowest BCUT2D eigenvalue weighted by molar-refractivity contribution is -0.137. The molecule has 0 fully saturated rings. The summed E-state index contributed by atoms with van der Waals surface area (Å²) in [5.41, 5.74) is -1.07. The number of pyridine rings is 1. The van der Waals surface area contributed by atoms with Gasteiger partial charge in [0, 0.05) is 19.4 Å². The Morgan fingerprint density at radius 3 is 2.74 bits per heavy atom. The number of amides is 1. The first-order valence-corrected chi connectivity index (χ1v) is 7.68. The van der Waals surface area contributed by atoms with E-state index in [1.165, 1.54) is 6.20 Å². The van der Waals surface area contributed by atoms with Gasteiger partial charge in [0.25, 0.3) is 5.91 Å². The normalized spacial score (nSPS) is 19.5. The first kappa shape index (κ1) is 17.9. The Balaban J connectivity index is 2.14. The Kier molecular flexibility index (Phi) is 5.12. The SMILES string of the molecule is CC(O)C1SC(C(=O)Nc2cc(C(F)(F)F)c(Cl)cn2)=CN1C. The lowest BCUT2D eigenvalue weighted by atomic mass is 10.2. The van der Waals surface area contributed by atoms with E-state index in [2.05, 4.69) is 10.3 Å². The number of halogens is 4. The number of thioether (sulfide) groups is 1. The predicted octanol–water partition coefficient (Wildman–Crippen LogP) is 2.92.